The molecule has 3 aromatic rings. The fourth-order valence-electron chi connectivity index (χ4n) is 3.56. The number of fused-ring (bicyclic) bond motifs is 1. The van der Waals surface area contributed by atoms with Gasteiger partial charge in [-0.3, -0.25) is 9.78 Å². The fraction of sp³-hybridized carbons (Fsp3) is 0.227. The molecule has 0 fully saturated rings. The SMILES string of the molecule is O=C(NC1CCCc2ccccc21)c1cccnc1NCc1ccncc1. The number of carbonyl (C=O) groups excluding carboxylic acids is 1. The first-order chi connectivity index (χ1) is 13.3. The molecule has 0 saturated heterocycles. The number of hydrogen-bond donors (Lipinski definition) is 2. The van der Waals surface area contributed by atoms with Gasteiger partial charge in [-0.15, -0.1) is 0 Å². The number of anilines is 1. The van der Waals surface area contributed by atoms with Gasteiger partial charge in [0.05, 0.1) is 11.6 Å². The molecule has 136 valence electrons. The lowest BCUT2D eigenvalue weighted by molar-refractivity contribution is 0.0933. The minimum Gasteiger partial charge on any atom is -0.365 e. The highest BCUT2D eigenvalue weighted by atomic mass is 16.1. The average molecular weight is 358 g/mol. The highest BCUT2D eigenvalue weighted by Gasteiger charge is 2.23. The maximum atomic E-state index is 13.0. The van der Waals surface area contributed by atoms with Gasteiger partial charge in [0.2, 0.25) is 0 Å². The Balaban J connectivity index is 1.50. The molecule has 0 spiro atoms. The monoisotopic (exact) mass is 358 g/mol. The van der Waals surface area contributed by atoms with Gasteiger partial charge in [0.1, 0.15) is 5.82 Å². The number of nitrogens with one attached hydrogen (secondary N) is 2. The zero-order valence-electron chi connectivity index (χ0n) is 15.1. The van der Waals surface area contributed by atoms with Crippen LogP contribution in [-0.2, 0) is 13.0 Å². The van der Waals surface area contributed by atoms with Crippen LogP contribution in [0.15, 0.2) is 67.1 Å². The zero-order chi connectivity index (χ0) is 18.5. The van der Waals surface area contributed by atoms with E-state index in [2.05, 4.69) is 38.8 Å². The standard InChI is InChI=1S/C22H22N4O/c27-22(26-20-9-3-6-17-5-1-2-7-18(17)20)19-8-4-12-24-21(19)25-15-16-10-13-23-14-11-16/h1-2,4-5,7-8,10-14,20H,3,6,9,15H2,(H,24,25)(H,26,27). The predicted octanol–water partition coefficient (Wildman–Crippen LogP) is 3.90. The van der Waals surface area contributed by atoms with Crippen molar-refractivity contribution in [1.82, 2.24) is 15.3 Å². The Morgan fingerprint density at radius 2 is 1.89 bits per heavy atom. The second-order valence-corrected chi connectivity index (χ2v) is 6.73. The van der Waals surface area contributed by atoms with Crippen molar-refractivity contribution in [3.8, 4) is 0 Å². The van der Waals surface area contributed by atoms with Crippen LogP contribution < -0.4 is 10.6 Å². The molecule has 2 aromatic heterocycles. The van der Waals surface area contributed by atoms with Gasteiger partial charge in [-0.2, -0.15) is 0 Å². The third-order valence-corrected chi connectivity index (χ3v) is 4.94. The number of benzene rings is 1. The van der Waals surface area contributed by atoms with Crippen molar-refractivity contribution in [2.45, 2.75) is 31.8 Å². The van der Waals surface area contributed by atoms with Crippen LogP contribution in [0.4, 0.5) is 5.82 Å². The molecule has 1 unspecified atom stereocenters. The second kappa shape index (κ2) is 7.99. The maximum absolute atomic E-state index is 13.0. The Morgan fingerprint density at radius 1 is 1.04 bits per heavy atom. The number of aryl methyl sites for hydroxylation is 1. The third-order valence-electron chi connectivity index (χ3n) is 4.94. The van der Waals surface area contributed by atoms with E-state index in [-0.39, 0.29) is 11.9 Å². The van der Waals surface area contributed by atoms with Crippen molar-refractivity contribution < 1.29 is 4.79 Å². The van der Waals surface area contributed by atoms with Gasteiger partial charge in [0, 0.05) is 25.1 Å². The van der Waals surface area contributed by atoms with E-state index in [9.17, 15) is 4.79 Å². The van der Waals surface area contributed by atoms with Crippen LogP contribution in [-0.4, -0.2) is 15.9 Å². The largest absolute Gasteiger partial charge is 0.365 e. The van der Waals surface area contributed by atoms with Crippen molar-refractivity contribution in [2.75, 3.05) is 5.32 Å². The fourth-order valence-corrected chi connectivity index (χ4v) is 3.56. The van der Waals surface area contributed by atoms with Crippen LogP contribution in [0.25, 0.3) is 0 Å². The Labute approximate surface area is 158 Å². The Bertz CT molecular complexity index is 926. The van der Waals surface area contributed by atoms with Crippen molar-refractivity contribution in [3.63, 3.8) is 0 Å². The minimum absolute atomic E-state index is 0.0516. The summed E-state index contributed by atoms with van der Waals surface area (Å²) in [5.41, 5.74) is 4.21. The Hall–Kier alpha value is -3.21. The number of nitrogens with zero attached hydrogens (tertiary/aromatic N) is 2. The molecule has 27 heavy (non-hydrogen) atoms. The lowest BCUT2D eigenvalue weighted by Gasteiger charge is -2.26. The van der Waals surface area contributed by atoms with Gasteiger partial charge >= 0.3 is 0 Å². The van der Waals surface area contributed by atoms with Crippen LogP contribution in [0.5, 0.6) is 0 Å². The Morgan fingerprint density at radius 3 is 2.78 bits per heavy atom. The number of carbonyl (C=O) groups is 1. The molecule has 2 N–H and O–H groups in total. The summed E-state index contributed by atoms with van der Waals surface area (Å²) >= 11 is 0. The number of pyridine rings is 2. The van der Waals surface area contributed by atoms with E-state index < -0.39 is 0 Å². The van der Waals surface area contributed by atoms with Gasteiger partial charge in [-0.25, -0.2) is 4.98 Å². The van der Waals surface area contributed by atoms with Gasteiger partial charge in [-0.1, -0.05) is 24.3 Å². The molecule has 4 rings (SSSR count). The van der Waals surface area contributed by atoms with E-state index in [1.54, 1.807) is 24.7 Å². The summed E-state index contributed by atoms with van der Waals surface area (Å²) in [6.45, 7) is 0.589. The maximum Gasteiger partial charge on any atom is 0.255 e. The summed E-state index contributed by atoms with van der Waals surface area (Å²) in [7, 11) is 0. The smallest absolute Gasteiger partial charge is 0.255 e. The van der Waals surface area contributed by atoms with Gasteiger partial charge in [0.15, 0.2) is 0 Å². The molecule has 1 aliphatic carbocycles. The van der Waals surface area contributed by atoms with E-state index >= 15 is 0 Å². The van der Waals surface area contributed by atoms with Crippen molar-refractivity contribution in [2.24, 2.45) is 0 Å². The third kappa shape index (κ3) is 3.97. The molecule has 1 atom stereocenters. The first-order valence-electron chi connectivity index (χ1n) is 9.28. The summed E-state index contributed by atoms with van der Waals surface area (Å²) in [4.78, 5) is 21.3. The highest BCUT2D eigenvalue weighted by molar-refractivity contribution is 5.98. The van der Waals surface area contributed by atoms with E-state index in [4.69, 9.17) is 0 Å². The van der Waals surface area contributed by atoms with E-state index in [1.807, 2.05) is 24.3 Å². The topological polar surface area (TPSA) is 66.9 Å². The highest BCUT2D eigenvalue weighted by Crippen LogP contribution is 2.30. The predicted molar refractivity (Wildman–Crippen MR) is 105 cm³/mol. The summed E-state index contributed by atoms with van der Waals surface area (Å²) in [6, 6.07) is 15.9. The van der Waals surface area contributed by atoms with Crippen LogP contribution in [0.2, 0.25) is 0 Å². The molecule has 1 aliphatic rings. The molecule has 0 aliphatic heterocycles. The van der Waals surface area contributed by atoms with Crippen LogP contribution >= 0.6 is 0 Å². The molecule has 0 saturated carbocycles. The zero-order valence-corrected chi connectivity index (χ0v) is 15.1. The molecule has 1 amide bonds. The van der Waals surface area contributed by atoms with Crippen molar-refractivity contribution >= 4 is 11.7 Å². The number of rotatable bonds is 5. The van der Waals surface area contributed by atoms with Crippen LogP contribution in [0.3, 0.4) is 0 Å². The molecule has 5 nitrogen and oxygen atoms in total. The summed E-state index contributed by atoms with van der Waals surface area (Å²) < 4.78 is 0. The number of aromatic nitrogens is 2. The van der Waals surface area contributed by atoms with Crippen molar-refractivity contribution in [3.05, 3.63) is 89.4 Å². The molecule has 0 bridgehead atoms. The molecule has 2 heterocycles. The average Bonchev–Trinajstić information content (AvgIpc) is 2.73. The van der Waals surface area contributed by atoms with Gasteiger partial charge < -0.3 is 10.6 Å². The molecule has 1 aromatic carbocycles. The number of amides is 1. The molecular weight excluding hydrogens is 336 g/mol. The van der Waals surface area contributed by atoms with Crippen LogP contribution in [0, 0.1) is 0 Å². The Kier molecular flexibility index (Phi) is 5.10. The normalized spacial score (nSPS) is 15.6. The summed E-state index contributed by atoms with van der Waals surface area (Å²) in [5, 5.41) is 6.47. The van der Waals surface area contributed by atoms with Gasteiger partial charge in [-0.05, 0) is 60.2 Å². The second-order valence-electron chi connectivity index (χ2n) is 6.73. The number of hydrogen-bond acceptors (Lipinski definition) is 4. The first-order valence-corrected chi connectivity index (χ1v) is 9.28. The molecule has 5 heteroatoms. The summed E-state index contributed by atoms with van der Waals surface area (Å²) in [5.74, 6) is 0.498. The van der Waals surface area contributed by atoms with E-state index in [1.165, 1.54) is 11.1 Å². The van der Waals surface area contributed by atoms with Crippen LogP contribution in [0.1, 0.15) is 45.9 Å². The van der Waals surface area contributed by atoms with E-state index in [0.717, 1.165) is 24.8 Å². The quantitative estimate of drug-likeness (QED) is 0.726. The van der Waals surface area contributed by atoms with Gasteiger partial charge in [0.25, 0.3) is 5.91 Å². The molecule has 0 radical (unpaired) electrons. The molecular formula is C22H22N4O. The van der Waals surface area contributed by atoms with Crippen molar-refractivity contribution in [1.29, 1.82) is 0 Å². The lowest BCUT2D eigenvalue weighted by atomic mass is 9.87. The minimum atomic E-state index is -0.0953. The summed E-state index contributed by atoms with van der Waals surface area (Å²) in [6.07, 6.45) is 8.33. The van der Waals surface area contributed by atoms with E-state index in [0.29, 0.717) is 17.9 Å². The lowest BCUT2D eigenvalue weighted by Crippen LogP contribution is -2.31. The first kappa shape index (κ1) is 17.2.